The molecule has 0 N–H and O–H groups in total. The van der Waals surface area contributed by atoms with Crippen LogP contribution in [-0.4, -0.2) is 67.3 Å². The lowest BCUT2D eigenvalue weighted by Gasteiger charge is -2.34. The van der Waals surface area contributed by atoms with E-state index in [4.69, 9.17) is 24.2 Å². The molecule has 3 aromatic rings. The summed E-state index contributed by atoms with van der Waals surface area (Å²) in [6.07, 6.45) is 11.3. The standard InChI is InChI=1S/C37H47N5O6/c1-6-26-31(21-43)42-20-32(26)47-34-29(40-28-13-12-25(16-30(28)41-34)46-22-24-19-38-14-15-39-24)11-9-7-8-10-23-18-37(23,5)48-33(44)17-27(35(42)45)36(2,3)4/h12-16,19,21,23,26-27,31-32H,6-11,17-18,20,22H2,1-5H3/t23-,26+,27-,31-,32+,37-/m1/s1. The van der Waals surface area contributed by atoms with E-state index in [1.54, 1.807) is 23.5 Å². The van der Waals surface area contributed by atoms with Crippen LogP contribution in [0.15, 0.2) is 36.8 Å². The molecule has 2 aliphatic heterocycles. The number of esters is 1. The van der Waals surface area contributed by atoms with Crippen LogP contribution < -0.4 is 9.47 Å². The van der Waals surface area contributed by atoms with Crippen LogP contribution in [0, 0.1) is 23.2 Å². The number of amides is 1. The third kappa shape index (κ3) is 7.29. The fourth-order valence-electron chi connectivity index (χ4n) is 7.30. The van der Waals surface area contributed by atoms with Gasteiger partial charge in [0.1, 0.15) is 36.0 Å². The molecule has 48 heavy (non-hydrogen) atoms. The molecule has 6 rings (SSSR count). The summed E-state index contributed by atoms with van der Waals surface area (Å²) in [5.74, 6) is -0.132. The predicted molar refractivity (Wildman–Crippen MR) is 178 cm³/mol. The quantitative estimate of drug-likeness (QED) is 0.250. The second-order valence-electron chi connectivity index (χ2n) is 14.9. The number of aryl methyl sites for hydroxylation is 1. The lowest BCUT2D eigenvalue weighted by Crippen LogP contribution is -2.46. The van der Waals surface area contributed by atoms with Gasteiger partial charge in [-0.15, -0.1) is 0 Å². The van der Waals surface area contributed by atoms with Crippen LogP contribution in [0.4, 0.5) is 0 Å². The predicted octanol–water partition coefficient (Wildman–Crippen LogP) is 5.67. The van der Waals surface area contributed by atoms with Crippen molar-refractivity contribution in [3.8, 4) is 11.6 Å². The maximum Gasteiger partial charge on any atom is 0.307 e. The van der Waals surface area contributed by atoms with Crippen LogP contribution in [-0.2, 0) is 32.1 Å². The van der Waals surface area contributed by atoms with Crippen LogP contribution in [0.2, 0.25) is 0 Å². The first-order valence-electron chi connectivity index (χ1n) is 17.3. The number of carbonyl (C=O) groups is 3. The van der Waals surface area contributed by atoms with Crippen molar-refractivity contribution in [2.45, 2.75) is 110 Å². The maximum absolute atomic E-state index is 14.3. The first kappa shape index (κ1) is 33.7. The summed E-state index contributed by atoms with van der Waals surface area (Å²) in [6.45, 7) is 10.3. The molecule has 6 atom stereocenters. The third-order valence-corrected chi connectivity index (χ3v) is 10.4. The van der Waals surface area contributed by atoms with E-state index in [2.05, 4.69) is 9.97 Å². The minimum atomic E-state index is -0.682. The van der Waals surface area contributed by atoms with Gasteiger partial charge in [-0.25, -0.2) is 9.97 Å². The van der Waals surface area contributed by atoms with Crippen molar-refractivity contribution in [3.63, 3.8) is 0 Å². The smallest absolute Gasteiger partial charge is 0.307 e. The summed E-state index contributed by atoms with van der Waals surface area (Å²) in [5.41, 5.74) is 1.82. The van der Waals surface area contributed by atoms with Crippen LogP contribution in [0.25, 0.3) is 11.0 Å². The molecule has 0 spiro atoms. The fraction of sp³-hybridized carbons (Fsp3) is 0.595. The van der Waals surface area contributed by atoms with Crippen molar-refractivity contribution in [2.24, 2.45) is 23.2 Å². The fourth-order valence-corrected chi connectivity index (χ4v) is 7.30. The number of fused-ring (bicyclic) bond motifs is 5. The van der Waals surface area contributed by atoms with E-state index < -0.39 is 29.1 Å². The van der Waals surface area contributed by atoms with Gasteiger partial charge < -0.3 is 23.9 Å². The van der Waals surface area contributed by atoms with E-state index in [1.807, 2.05) is 52.8 Å². The van der Waals surface area contributed by atoms with Crippen LogP contribution in [0.3, 0.4) is 0 Å². The molecule has 1 aliphatic carbocycles. The molecular weight excluding hydrogens is 610 g/mol. The van der Waals surface area contributed by atoms with E-state index in [0.717, 1.165) is 49.6 Å². The van der Waals surface area contributed by atoms with Gasteiger partial charge in [-0.05, 0) is 56.6 Å². The highest BCUT2D eigenvalue weighted by molar-refractivity contribution is 5.87. The van der Waals surface area contributed by atoms with Crippen molar-refractivity contribution in [1.29, 1.82) is 0 Å². The Morgan fingerprint density at radius 3 is 2.67 bits per heavy atom. The molecule has 3 aliphatic rings. The summed E-state index contributed by atoms with van der Waals surface area (Å²) in [5, 5.41) is 0. The van der Waals surface area contributed by atoms with Gasteiger partial charge in [0.15, 0.2) is 0 Å². The van der Waals surface area contributed by atoms with Crippen LogP contribution in [0.1, 0.15) is 91.0 Å². The summed E-state index contributed by atoms with van der Waals surface area (Å²) >= 11 is 0. The Labute approximate surface area is 282 Å². The zero-order valence-electron chi connectivity index (χ0n) is 28.7. The zero-order valence-corrected chi connectivity index (χ0v) is 28.7. The average Bonchev–Trinajstić information content (AvgIpc) is 3.54. The Morgan fingerprint density at radius 2 is 1.94 bits per heavy atom. The molecule has 2 aromatic heterocycles. The number of benzene rings is 1. The number of carbonyl (C=O) groups excluding carboxylic acids is 3. The highest BCUT2D eigenvalue weighted by Gasteiger charge is 2.54. The highest BCUT2D eigenvalue weighted by atomic mass is 16.6. The molecule has 1 saturated heterocycles. The summed E-state index contributed by atoms with van der Waals surface area (Å²) in [7, 11) is 0. The Hall–Kier alpha value is -4.15. The van der Waals surface area contributed by atoms with Crippen molar-refractivity contribution < 1.29 is 28.6 Å². The Morgan fingerprint density at radius 1 is 1.10 bits per heavy atom. The molecule has 11 nitrogen and oxygen atoms in total. The Balaban J connectivity index is 1.33. The SMILES string of the molecule is CC[C@@H]1[C@@H]2CN(C(=O)[C@H](C(C)(C)C)CC(=O)O[C@]3(C)C[C@H]3CCCCCc3nc4ccc(OCc5cnccn5)cc4nc3O2)[C@@H]1C=O. The first-order chi connectivity index (χ1) is 23.0. The molecule has 1 amide bonds. The van der Waals surface area contributed by atoms with Crippen molar-refractivity contribution in [3.05, 3.63) is 48.2 Å². The van der Waals surface area contributed by atoms with Gasteiger partial charge in [0.2, 0.25) is 11.8 Å². The third-order valence-electron chi connectivity index (χ3n) is 10.4. The molecule has 4 heterocycles. The monoisotopic (exact) mass is 657 g/mol. The van der Waals surface area contributed by atoms with E-state index in [9.17, 15) is 14.4 Å². The molecule has 2 fully saturated rings. The van der Waals surface area contributed by atoms with Gasteiger partial charge in [-0.3, -0.25) is 19.6 Å². The van der Waals surface area contributed by atoms with Crippen LogP contribution in [0.5, 0.6) is 11.6 Å². The Bertz CT molecular complexity index is 1640. The van der Waals surface area contributed by atoms with Gasteiger partial charge in [-0.1, -0.05) is 40.5 Å². The summed E-state index contributed by atoms with van der Waals surface area (Å²) in [6, 6.07) is 4.92. The van der Waals surface area contributed by atoms with Gasteiger partial charge >= 0.3 is 5.97 Å². The molecule has 1 saturated carbocycles. The Kier molecular flexibility index (Phi) is 9.67. The van der Waals surface area contributed by atoms with Crippen molar-refractivity contribution in [2.75, 3.05) is 6.54 Å². The van der Waals surface area contributed by atoms with Gasteiger partial charge in [0.25, 0.3) is 0 Å². The minimum Gasteiger partial charge on any atom is -0.487 e. The van der Waals surface area contributed by atoms with E-state index in [-0.39, 0.29) is 37.4 Å². The van der Waals surface area contributed by atoms with E-state index in [1.165, 1.54) is 0 Å². The second-order valence-corrected chi connectivity index (χ2v) is 14.9. The van der Waals surface area contributed by atoms with Gasteiger partial charge in [0.05, 0.1) is 47.8 Å². The number of nitrogens with zero attached hydrogens (tertiary/aromatic N) is 5. The lowest BCUT2D eigenvalue weighted by molar-refractivity contribution is -0.158. The number of hydrogen-bond donors (Lipinski definition) is 0. The zero-order chi connectivity index (χ0) is 34.1. The normalized spacial score (nSPS) is 28.4. The number of rotatable bonds is 5. The minimum absolute atomic E-state index is 0.0312. The molecule has 0 radical (unpaired) electrons. The molecular formula is C37H47N5O6. The molecule has 11 heteroatoms. The van der Waals surface area contributed by atoms with E-state index in [0.29, 0.717) is 41.6 Å². The number of aromatic nitrogens is 4. The van der Waals surface area contributed by atoms with Crippen LogP contribution >= 0.6 is 0 Å². The summed E-state index contributed by atoms with van der Waals surface area (Å²) in [4.78, 5) is 60.1. The largest absolute Gasteiger partial charge is 0.487 e. The first-order valence-corrected chi connectivity index (χ1v) is 17.3. The lowest BCUT2D eigenvalue weighted by atomic mass is 9.77. The molecule has 1 aromatic carbocycles. The van der Waals surface area contributed by atoms with Crippen molar-refractivity contribution in [1.82, 2.24) is 24.8 Å². The molecule has 0 unspecified atom stereocenters. The molecule has 256 valence electrons. The number of aldehydes is 1. The molecule has 2 bridgehead atoms. The van der Waals surface area contributed by atoms with Gasteiger partial charge in [0, 0.05) is 30.3 Å². The number of ether oxygens (including phenoxy) is 3. The average molecular weight is 658 g/mol. The van der Waals surface area contributed by atoms with Gasteiger partial charge in [-0.2, -0.15) is 0 Å². The van der Waals surface area contributed by atoms with Crippen molar-refractivity contribution >= 4 is 29.2 Å². The maximum atomic E-state index is 14.3. The highest BCUT2D eigenvalue weighted by Crippen LogP contribution is 2.50. The van der Waals surface area contributed by atoms with E-state index >= 15 is 0 Å². The topological polar surface area (TPSA) is 134 Å². The second kappa shape index (κ2) is 13.8. The number of hydrogen-bond acceptors (Lipinski definition) is 10. The summed E-state index contributed by atoms with van der Waals surface area (Å²) < 4.78 is 18.7.